The molecule has 0 radical (unpaired) electrons. The summed E-state index contributed by atoms with van der Waals surface area (Å²) in [5.74, 6) is -0.334. The number of halogens is 2. The summed E-state index contributed by atoms with van der Waals surface area (Å²) in [6.07, 6.45) is 3.48. The number of hydrogen-bond acceptors (Lipinski definition) is 2. The molecule has 4 heteroatoms. The Bertz CT molecular complexity index is 502. The van der Waals surface area contributed by atoms with Gasteiger partial charge in [-0.2, -0.15) is 0 Å². The highest BCUT2D eigenvalue weighted by atomic mass is 35.5. The predicted octanol–water partition coefficient (Wildman–Crippen LogP) is 3.18. The second-order valence-corrected chi connectivity index (χ2v) is 4.08. The molecule has 0 aliphatic carbocycles. The van der Waals surface area contributed by atoms with Gasteiger partial charge in [0.25, 0.3) is 0 Å². The summed E-state index contributed by atoms with van der Waals surface area (Å²) in [6.45, 7) is 0. The van der Waals surface area contributed by atoms with Crippen molar-refractivity contribution in [1.29, 1.82) is 0 Å². The minimum Gasteiger partial charge on any atom is -0.309 e. The fourth-order valence-corrected chi connectivity index (χ4v) is 2.06. The van der Waals surface area contributed by atoms with Gasteiger partial charge in [-0.1, -0.05) is 23.7 Å². The third-order valence-corrected chi connectivity index (χ3v) is 2.91. The first-order valence-corrected chi connectivity index (χ1v) is 5.62. The standard InChI is InChI=1S/C13H12ClFN2/c1-16-13(9-3-2-6-17-8-9)11-5-4-10(15)7-12(11)14/h2-8,13,16H,1H3. The summed E-state index contributed by atoms with van der Waals surface area (Å²) in [5, 5.41) is 3.56. The molecule has 2 nitrogen and oxygen atoms in total. The molecule has 2 aromatic rings. The Morgan fingerprint density at radius 2 is 2.18 bits per heavy atom. The van der Waals surface area contributed by atoms with Crippen LogP contribution in [0.4, 0.5) is 4.39 Å². The molecule has 0 aliphatic rings. The number of nitrogens with zero attached hydrogens (tertiary/aromatic N) is 1. The fraction of sp³-hybridized carbons (Fsp3) is 0.154. The smallest absolute Gasteiger partial charge is 0.124 e. The van der Waals surface area contributed by atoms with E-state index in [0.29, 0.717) is 5.02 Å². The number of nitrogens with one attached hydrogen (secondary N) is 1. The summed E-state index contributed by atoms with van der Waals surface area (Å²) in [4.78, 5) is 4.07. The molecule has 0 aliphatic heterocycles. The maximum absolute atomic E-state index is 13.0. The van der Waals surface area contributed by atoms with Gasteiger partial charge in [-0.25, -0.2) is 4.39 Å². The van der Waals surface area contributed by atoms with E-state index in [4.69, 9.17) is 11.6 Å². The summed E-state index contributed by atoms with van der Waals surface area (Å²) < 4.78 is 13.0. The van der Waals surface area contributed by atoms with E-state index in [2.05, 4.69) is 10.3 Å². The van der Waals surface area contributed by atoms with Crippen molar-refractivity contribution in [1.82, 2.24) is 10.3 Å². The lowest BCUT2D eigenvalue weighted by Gasteiger charge is -2.18. The minimum atomic E-state index is -0.334. The Morgan fingerprint density at radius 1 is 1.35 bits per heavy atom. The summed E-state index contributed by atoms with van der Waals surface area (Å²) >= 11 is 6.05. The van der Waals surface area contributed by atoms with Gasteiger partial charge in [0.15, 0.2) is 0 Å². The average molecular weight is 251 g/mol. The normalized spacial score (nSPS) is 12.4. The molecule has 17 heavy (non-hydrogen) atoms. The van der Waals surface area contributed by atoms with Gasteiger partial charge in [0, 0.05) is 17.4 Å². The van der Waals surface area contributed by atoms with Gasteiger partial charge in [-0.05, 0) is 36.4 Å². The first-order chi connectivity index (χ1) is 8.22. The van der Waals surface area contributed by atoms with Crippen LogP contribution in [-0.2, 0) is 0 Å². The predicted molar refractivity (Wildman–Crippen MR) is 66.5 cm³/mol. The number of rotatable bonds is 3. The Hall–Kier alpha value is -1.45. The van der Waals surface area contributed by atoms with Crippen LogP contribution < -0.4 is 5.32 Å². The van der Waals surface area contributed by atoms with Crippen LogP contribution in [-0.4, -0.2) is 12.0 Å². The Kier molecular flexibility index (Phi) is 3.71. The minimum absolute atomic E-state index is 0.0863. The van der Waals surface area contributed by atoms with Crippen LogP contribution in [0.2, 0.25) is 5.02 Å². The van der Waals surface area contributed by atoms with E-state index in [9.17, 15) is 4.39 Å². The van der Waals surface area contributed by atoms with Crippen LogP contribution in [0.3, 0.4) is 0 Å². The topological polar surface area (TPSA) is 24.9 Å². The van der Waals surface area contributed by atoms with E-state index in [0.717, 1.165) is 11.1 Å². The zero-order valence-corrected chi connectivity index (χ0v) is 10.1. The molecule has 0 amide bonds. The number of pyridine rings is 1. The molecule has 1 N–H and O–H groups in total. The van der Waals surface area contributed by atoms with Crippen molar-refractivity contribution in [3.8, 4) is 0 Å². The summed E-state index contributed by atoms with van der Waals surface area (Å²) in [7, 11) is 1.83. The molecule has 0 saturated carbocycles. The second-order valence-electron chi connectivity index (χ2n) is 3.67. The van der Waals surface area contributed by atoms with Gasteiger partial charge in [0.2, 0.25) is 0 Å². The molecule has 0 saturated heterocycles. The monoisotopic (exact) mass is 250 g/mol. The molecule has 88 valence electrons. The van der Waals surface area contributed by atoms with Gasteiger partial charge in [-0.3, -0.25) is 4.98 Å². The van der Waals surface area contributed by atoms with Crippen LogP contribution in [0, 0.1) is 5.82 Å². The summed E-state index contributed by atoms with van der Waals surface area (Å²) in [5.41, 5.74) is 1.83. The molecule has 1 unspecified atom stereocenters. The molecular weight excluding hydrogens is 239 g/mol. The maximum atomic E-state index is 13.0. The Balaban J connectivity index is 2.42. The van der Waals surface area contributed by atoms with Gasteiger partial charge in [0.05, 0.1) is 6.04 Å². The van der Waals surface area contributed by atoms with Crippen LogP contribution in [0.1, 0.15) is 17.2 Å². The largest absolute Gasteiger partial charge is 0.309 e. The Labute approximate surface area is 104 Å². The van der Waals surface area contributed by atoms with Crippen LogP contribution in [0.25, 0.3) is 0 Å². The third-order valence-electron chi connectivity index (χ3n) is 2.58. The highest BCUT2D eigenvalue weighted by Gasteiger charge is 2.15. The number of hydrogen-bond donors (Lipinski definition) is 1. The van der Waals surface area contributed by atoms with Crippen molar-refractivity contribution in [2.45, 2.75) is 6.04 Å². The van der Waals surface area contributed by atoms with Crippen molar-refractivity contribution in [2.24, 2.45) is 0 Å². The number of aromatic nitrogens is 1. The van der Waals surface area contributed by atoms with Crippen molar-refractivity contribution < 1.29 is 4.39 Å². The van der Waals surface area contributed by atoms with E-state index < -0.39 is 0 Å². The quantitative estimate of drug-likeness (QED) is 0.905. The van der Waals surface area contributed by atoms with E-state index >= 15 is 0 Å². The lowest BCUT2D eigenvalue weighted by atomic mass is 10.0. The van der Waals surface area contributed by atoms with E-state index in [1.54, 1.807) is 18.5 Å². The zero-order valence-electron chi connectivity index (χ0n) is 9.32. The van der Waals surface area contributed by atoms with Crippen molar-refractivity contribution in [2.75, 3.05) is 7.05 Å². The Morgan fingerprint density at radius 3 is 2.76 bits per heavy atom. The maximum Gasteiger partial charge on any atom is 0.124 e. The molecule has 1 aromatic heterocycles. The van der Waals surface area contributed by atoms with Crippen LogP contribution >= 0.6 is 11.6 Å². The fourth-order valence-electron chi connectivity index (χ4n) is 1.78. The molecule has 1 aromatic carbocycles. The van der Waals surface area contributed by atoms with E-state index in [-0.39, 0.29) is 11.9 Å². The van der Waals surface area contributed by atoms with Crippen LogP contribution in [0.5, 0.6) is 0 Å². The van der Waals surface area contributed by atoms with Crippen molar-refractivity contribution in [3.63, 3.8) is 0 Å². The first-order valence-electron chi connectivity index (χ1n) is 5.24. The van der Waals surface area contributed by atoms with Crippen molar-refractivity contribution in [3.05, 3.63) is 64.7 Å². The molecule has 2 rings (SSSR count). The van der Waals surface area contributed by atoms with Gasteiger partial charge >= 0.3 is 0 Å². The third kappa shape index (κ3) is 2.62. The van der Waals surface area contributed by atoms with E-state index in [1.807, 2.05) is 19.2 Å². The molecule has 1 atom stereocenters. The summed E-state index contributed by atoms with van der Waals surface area (Å²) in [6, 6.07) is 8.13. The van der Waals surface area contributed by atoms with Crippen molar-refractivity contribution >= 4 is 11.6 Å². The molecular formula is C13H12ClFN2. The molecule has 0 bridgehead atoms. The lowest BCUT2D eigenvalue weighted by molar-refractivity contribution is 0.623. The molecule has 0 fully saturated rings. The number of benzene rings is 1. The molecule has 1 heterocycles. The van der Waals surface area contributed by atoms with Gasteiger partial charge in [0.1, 0.15) is 5.82 Å². The van der Waals surface area contributed by atoms with Gasteiger partial charge in [-0.15, -0.1) is 0 Å². The highest BCUT2D eigenvalue weighted by Crippen LogP contribution is 2.28. The zero-order chi connectivity index (χ0) is 12.3. The second kappa shape index (κ2) is 5.25. The molecule has 0 spiro atoms. The van der Waals surface area contributed by atoms with E-state index in [1.165, 1.54) is 12.1 Å². The average Bonchev–Trinajstić information content (AvgIpc) is 2.34. The lowest BCUT2D eigenvalue weighted by Crippen LogP contribution is -2.18. The SMILES string of the molecule is CNC(c1cccnc1)c1ccc(F)cc1Cl. The van der Waals surface area contributed by atoms with Crippen LogP contribution in [0.15, 0.2) is 42.7 Å². The first kappa shape index (κ1) is 12.0. The highest BCUT2D eigenvalue weighted by molar-refractivity contribution is 6.31. The van der Waals surface area contributed by atoms with Gasteiger partial charge < -0.3 is 5.32 Å².